The number of para-hydroxylation sites is 1. The molecule has 4 heteroatoms. The molecule has 0 spiro atoms. The van der Waals surface area contributed by atoms with Gasteiger partial charge in [0.2, 0.25) is 0 Å². The molecule has 0 amide bonds. The summed E-state index contributed by atoms with van der Waals surface area (Å²) in [6.45, 7) is 0. The van der Waals surface area contributed by atoms with Gasteiger partial charge in [0.15, 0.2) is 11.6 Å². The van der Waals surface area contributed by atoms with Crippen molar-refractivity contribution in [1.82, 2.24) is 0 Å². The highest BCUT2D eigenvalue weighted by atomic mass is 35.5. The van der Waals surface area contributed by atoms with E-state index in [1.165, 1.54) is 6.07 Å². The van der Waals surface area contributed by atoms with E-state index in [9.17, 15) is 4.39 Å². The first-order chi connectivity index (χ1) is 7.66. The van der Waals surface area contributed by atoms with E-state index in [-0.39, 0.29) is 15.8 Å². The molecule has 1 nitrogen and oxygen atoms in total. The summed E-state index contributed by atoms with van der Waals surface area (Å²) in [6, 6.07) is 11.4. The van der Waals surface area contributed by atoms with Crippen molar-refractivity contribution in [3.8, 4) is 11.5 Å². The molecule has 0 aromatic heterocycles. The van der Waals surface area contributed by atoms with Gasteiger partial charge in [0, 0.05) is 5.02 Å². The summed E-state index contributed by atoms with van der Waals surface area (Å²) in [5, 5.41) is 0.386. The lowest BCUT2D eigenvalue weighted by Gasteiger charge is -2.08. The Morgan fingerprint density at radius 3 is 2.31 bits per heavy atom. The van der Waals surface area contributed by atoms with Crippen LogP contribution in [0.2, 0.25) is 10.0 Å². The molecule has 0 aliphatic carbocycles. The first-order valence-electron chi connectivity index (χ1n) is 4.54. The monoisotopic (exact) mass is 256 g/mol. The van der Waals surface area contributed by atoms with Crippen LogP contribution in [0.3, 0.4) is 0 Å². The molecule has 2 rings (SSSR count). The van der Waals surface area contributed by atoms with Gasteiger partial charge in [0.05, 0.1) is 5.02 Å². The smallest absolute Gasteiger partial charge is 0.181 e. The second kappa shape index (κ2) is 4.73. The quantitative estimate of drug-likeness (QED) is 0.741. The highest BCUT2D eigenvalue weighted by Gasteiger charge is 2.11. The van der Waals surface area contributed by atoms with Crippen molar-refractivity contribution in [2.24, 2.45) is 0 Å². The van der Waals surface area contributed by atoms with Gasteiger partial charge in [-0.05, 0) is 24.3 Å². The molecule has 0 saturated heterocycles. The van der Waals surface area contributed by atoms with Gasteiger partial charge in [-0.2, -0.15) is 0 Å². The predicted octanol–water partition coefficient (Wildman–Crippen LogP) is 4.92. The zero-order valence-corrected chi connectivity index (χ0v) is 9.60. The Bertz CT molecular complexity index is 477. The van der Waals surface area contributed by atoms with E-state index in [2.05, 4.69) is 0 Å². The van der Waals surface area contributed by atoms with Crippen LogP contribution in [0.1, 0.15) is 0 Å². The minimum atomic E-state index is -0.582. The van der Waals surface area contributed by atoms with Gasteiger partial charge < -0.3 is 4.74 Å². The number of hydrogen-bond donors (Lipinski definition) is 0. The number of benzene rings is 2. The normalized spacial score (nSPS) is 10.2. The Morgan fingerprint density at radius 2 is 1.69 bits per heavy atom. The third-order valence-corrected chi connectivity index (χ3v) is 2.43. The molecular formula is C12H7Cl2FO. The fraction of sp³-hybridized carbons (Fsp3) is 0. The first kappa shape index (κ1) is 11.2. The summed E-state index contributed by atoms with van der Waals surface area (Å²) in [5.41, 5.74) is 0. The van der Waals surface area contributed by atoms with Crippen LogP contribution in [0.4, 0.5) is 4.39 Å². The maximum atomic E-state index is 13.5. The molecule has 82 valence electrons. The minimum Gasteiger partial charge on any atom is -0.453 e. The fourth-order valence-corrected chi connectivity index (χ4v) is 1.74. The van der Waals surface area contributed by atoms with Gasteiger partial charge in [-0.15, -0.1) is 0 Å². The highest BCUT2D eigenvalue weighted by molar-refractivity contribution is 6.35. The highest BCUT2D eigenvalue weighted by Crippen LogP contribution is 2.34. The van der Waals surface area contributed by atoms with Crippen molar-refractivity contribution >= 4 is 23.2 Å². The first-order valence-corrected chi connectivity index (χ1v) is 5.30. The third-order valence-electron chi connectivity index (χ3n) is 1.93. The van der Waals surface area contributed by atoms with Crippen LogP contribution < -0.4 is 4.74 Å². The topological polar surface area (TPSA) is 9.23 Å². The van der Waals surface area contributed by atoms with Gasteiger partial charge in [-0.3, -0.25) is 0 Å². The van der Waals surface area contributed by atoms with E-state index in [1.54, 1.807) is 24.3 Å². The largest absolute Gasteiger partial charge is 0.453 e. The molecule has 2 aromatic rings. The van der Waals surface area contributed by atoms with Gasteiger partial charge in [0.25, 0.3) is 0 Å². The van der Waals surface area contributed by atoms with E-state index in [0.29, 0.717) is 5.75 Å². The standard InChI is InChI=1S/C12H7Cl2FO/c13-8-6-10(14)12(11(15)7-8)16-9-4-2-1-3-5-9/h1-7H. The summed E-state index contributed by atoms with van der Waals surface area (Å²) < 4.78 is 18.8. The van der Waals surface area contributed by atoms with Crippen molar-refractivity contribution in [3.63, 3.8) is 0 Å². The average Bonchev–Trinajstić information content (AvgIpc) is 2.25. The van der Waals surface area contributed by atoms with E-state index in [1.807, 2.05) is 6.07 Å². The molecule has 0 aliphatic heterocycles. The van der Waals surface area contributed by atoms with Crippen molar-refractivity contribution < 1.29 is 9.13 Å². The van der Waals surface area contributed by atoms with Crippen LogP contribution in [-0.4, -0.2) is 0 Å². The van der Waals surface area contributed by atoms with Crippen LogP contribution in [-0.2, 0) is 0 Å². The Hall–Kier alpha value is -1.25. The number of rotatable bonds is 2. The lowest BCUT2D eigenvalue weighted by atomic mass is 10.3. The average molecular weight is 257 g/mol. The van der Waals surface area contributed by atoms with Crippen molar-refractivity contribution in [2.45, 2.75) is 0 Å². The van der Waals surface area contributed by atoms with E-state index < -0.39 is 5.82 Å². The molecule has 0 bridgehead atoms. The number of halogens is 3. The van der Waals surface area contributed by atoms with E-state index >= 15 is 0 Å². The summed E-state index contributed by atoms with van der Waals surface area (Å²) in [7, 11) is 0. The molecule has 0 atom stereocenters. The number of hydrogen-bond acceptors (Lipinski definition) is 1. The third kappa shape index (κ3) is 2.46. The molecule has 0 N–H and O–H groups in total. The molecule has 0 saturated carbocycles. The van der Waals surface area contributed by atoms with Gasteiger partial charge in [-0.1, -0.05) is 41.4 Å². The lowest BCUT2D eigenvalue weighted by molar-refractivity contribution is 0.442. The minimum absolute atomic E-state index is 0.0164. The molecular weight excluding hydrogens is 250 g/mol. The fourth-order valence-electron chi connectivity index (χ4n) is 1.23. The van der Waals surface area contributed by atoms with Crippen molar-refractivity contribution in [1.29, 1.82) is 0 Å². The molecule has 0 heterocycles. The zero-order chi connectivity index (χ0) is 11.5. The Balaban J connectivity index is 2.35. The summed E-state index contributed by atoms with van der Waals surface area (Å²) >= 11 is 11.5. The molecule has 0 unspecified atom stereocenters. The predicted molar refractivity (Wildman–Crippen MR) is 62.9 cm³/mol. The van der Waals surface area contributed by atoms with E-state index in [0.717, 1.165) is 6.07 Å². The van der Waals surface area contributed by atoms with Crippen LogP contribution in [0, 0.1) is 5.82 Å². The summed E-state index contributed by atoms with van der Waals surface area (Å²) in [5.74, 6) is -0.0794. The second-order valence-corrected chi connectivity index (χ2v) is 3.96. The van der Waals surface area contributed by atoms with Crippen molar-refractivity contribution in [2.75, 3.05) is 0 Å². The van der Waals surface area contributed by atoms with E-state index in [4.69, 9.17) is 27.9 Å². The summed E-state index contributed by atoms with van der Waals surface area (Å²) in [6.07, 6.45) is 0. The van der Waals surface area contributed by atoms with Crippen LogP contribution >= 0.6 is 23.2 Å². The zero-order valence-electron chi connectivity index (χ0n) is 8.08. The molecule has 0 aliphatic rings. The SMILES string of the molecule is Fc1cc(Cl)cc(Cl)c1Oc1ccccc1. The van der Waals surface area contributed by atoms with Crippen LogP contribution in [0.5, 0.6) is 11.5 Å². The molecule has 0 radical (unpaired) electrons. The van der Waals surface area contributed by atoms with Crippen LogP contribution in [0.15, 0.2) is 42.5 Å². The van der Waals surface area contributed by atoms with Gasteiger partial charge in [-0.25, -0.2) is 4.39 Å². The second-order valence-electron chi connectivity index (χ2n) is 3.11. The van der Waals surface area contributed by atoms with Gasteiger partial charge in [0.1, 0.15) is 5.75 Å². The number of ether oxygens (including phenoxy) is 1. The molecule has 2 aromatic carbocycles. The van der Waals surface area contributed by atoms with Crippen molar-refractivity contribution in [3.05, 3.63) is 58.3 Å². The van der Waals surface area contributed by atoms with Crippen LogP contribution in [0.25, 0.3) is 0 Å². The lowest BCUT2D eigenvalue weighted by Crippen LogP contribution is -1.89. The van der Waals surface area contributed by atoms with Gasteiger partial charge >= 0.3 is 0 Å². The molecule has 0 fully saturated rings. The molecule has 16 heavy (non-hydrogen) atoms. The maximum Gasteiger partial charge on any atom is 0.181 e. The Labute approximate surface area is 102 Å². The summed E-state index contributed by atoms with van der Waals surface area (Å²) in [4.78, 5) is 0. The Morgan fingerprint density at radius 1 is 1.00 bits per heavy atom. The Kier molecular flexibility index (Phi) is 3.32. The maximum absolute atomic E-state index is 13.5.